The summed E-state index contributed by atoms with van der Waals surface area (Å²) in [7, 11) is 3.47. The van der Waals surface area contributed by atoms with Gasteiger partial charge in [0.15, 0.2) is 0 Å². The van der Waals surface area contributed by atoms with Gasteiger partial charge in [-0.05, 0) is 64.9 Å². The SMILES string of the molecule is Cc1ccc(C(=O)Nc2ccc(CC(=O)N(C)C)cc2)cc1I. The van der Waals surface area contributed by atoms with E-state index in [0.29, 0.717) is 17.7 Å². The van der Waals surface area contributed by atoms with Crippen molar-refractivity contribution in [3.8, 4) is 0 Å². The second kappa shape index (κ2) is 7.59. The summed E-state index contributed by atoms with van der Waals surface area (Å²) in [5.74, 6) is -0.0870. The van der Waals surface area contributed by atoms with Crippen LogP contribution >= 0.6 is 22.6 Å². The Labute approximate surface area is 150 Å². The van der Waals surface area contributed by atoms with E-state index in [-0.39, 0.29) is 11.8 Å². The van der Waals surface area contributed by atoms with Crippen LogP contribution in [0.25, 0.3) is 0 Å². The fourth-order valence-corrected chi connectivity index (χ4v) is 2.49. The number of amides is 2. The average molecular weight is 422 g/mol. The van der Waals surface area contributed by atoms with Crippen LogP contribution in [-0.2, 0) is 11.2 Å². The Morgan fingerprint density at radius 3 is 2.30 bits per heavy atom. The summed E-state index contributed by atoms with van der Waals surface area (Å²) in [4.78, 5) is 25.5. The number of nitrogens with one attached hydrogen (secondary N) is 1. The fourth-order valence-electron chi connectivity index (χ4n) is 1.98. The summed E-state index contributed by atoms with van der Waals surface area (Å²) < 4.78 is 1.06. The molecule has 0 atom stereocenters. The molecular weight excluding hydrogens is 403 g/mol. The molecule has 2 rings (SSSR count). The maximum absolute atomic E-state index is 12.3. The third-order valence-electron chi connectivity index (χ3n) is 3.50. The summed E-state index contributed by atoms with van der Waals surface area (Å²) in [6.45, 7) is 2.01. The minimum absolute atomic E-state index is 0.0519. The van der Waals surface area contributed by atoms with Crippen molar-refractivity contribution in [3.05, 3.63) is 62.7 Å². The fraction of sp³-hybridized carbons (Fsp3) is 0.222. The number of aryl methyl sites for hydroxylation is 1. The molecule has 0 fully saturated rings. The van der Waals surface area contributed by atoms with E-state index in [4.69, 9.17) is 0 Å². The van der Waals surface area contributed by atoms with Crippen molar-refractivity contribution in [1.82, 2.24) is 4.90 Å². The average Bonchev–Trinajstić information content (AvgIpc) is 2.51. The first-order valence-electron chi connectivity index (χ1n) is 7.23. The summed E-state index contributed by atoms with van der Waals surface area (Å²) >= 11 is 2.22. The first-order valence-corrected chi connectivity index (χ1v) is 8.31. The van der Waals surface area contributed by atoms with Gasteiger partial charge in [-0.15, -0.1) is 0 Å². The van der Waals surface area contributed by atoms with Crippen LogP contribution in [0.15, 0.2) is 42.5 Å². The van der Waals surface area contributed by atoms with Gasteiger partial charge in [0.2, 0.25) is 5.91 Å². The molecule has 1 N–H and O–H groups in total. The third kappa shape index (κ3) is 4.79. The Hall–Kier alpha value is -1.89. The molecule has 0 aliphatic carbocycles. The van der Waals surface area contributed by atoms with Gasteiger partial charge in [0, 0.05) is 28.9 Å². The quantitative estimate of drug-likeness (QED) is 0.768. The van der Waals surface area contributed by atoms with Crippen LogP contribution in [0, 0.1) is 10.5 Å². The smallest absolute Gasteiger partial charge is 0.255 e. The topological polar surface area (TPSA) is 49.4 Å². The summed E-state index contributed by atoms with van der Waals surface area (Å²) in [6, 6.07) is 13.0. The molecule has 0 heterocycles. The van der Waals surface area contributed by atoms with Crippen LogP contribution < -0.4 is 5.32 Å². The van der Waals surface area contributed by atoms with E-state index in [0.717, 1.165) is 14.7 Å². The zero-order valence-electron chi connectivity index (χ0n) is 13.4. The molecule has 0 aliphatic heterocycles. The molecule has 5 heteroatoms. The summed E-state index contributed by atoms with van der Waals surface area (Å²) in [6.07, 6.45) is 0.359. The second-order valence-electron chi connectivity index (χ2n) is 5.58. The van der Waals surface area contributed by atoms with Gasteiger partial charge in [-0.25, -0.2) is 0 Å². The molecule has 0 saturated carbocycles. The number of likely N-dealkylation sites (N-methyl/N-ethyl adjacent to an activating group) is 1. The molecule has 0 radical (unpaired) electrons. The van der Waals surface area contributed by atoms with Gasteiger partial charge in [-0.1, -0.05) is 18.2 Å². The normalized spacial score (nSPS) is 10.3. The van der Waals surface area contributed by atoms with E-state index in [1.165, 1.54) is 0 Å². The minimum atomic E-state index is -0.139. The lowest BCUT2D eigenvalue weighted by atomic mass is 10.1. The molecule has 0 aromatic heterocycles. The molecule has 23 heavy (non-hydrogen) atoms. The van der Waals surface area contributed by atoms with Crippen molar-refractivity contribution < 1.29 is 9.59 Å². The molecule has 0 bridgehead atoms. The van der Waals surface area contributed by atoms with Crippen molar-refractivity contribution >= 4 is 40.1 Å². The number of nitrogens with zero attached hydrogens (tertiary/aromatic N) is 1. The van der Waals surface area contributed by atoms with Gasteiger partial charge in [0.1, 0.15) is 0 Å². The van der Waals surface area contributed by atoms with Crippen molar-refractivity contribution in [2.45, 2.75) is 13.3 Å². The molecule has 0 spiro atoms. The standard InChI is InChI=1S/C18H19IN2O2/c1-12-4-7-14(11-16(12)19)18(23)20-15-8-5-13(6-9-15)10-17(22)21(2)3/h4-9,11H,10H2,1-3H3,(H,20,23). The van der Waals surface area contributed by atoms with Crippen LogP contribution in [0.3, 0.4) is 0 Å². The number of hydrogen-bond acceptors (Lipinski definition) is 2. The number of hydrogen-bond donors (Lipinski definition) is 1. The molecule has 0 unspecified atom stereocenters. The lowest BCUT2D eigenvalue weighted by Gasteiger charge is -2.11. The van der Waals surface area contributed by atoms with Crippen molar-refractivity contribution in [2.75, 3.05) is 19.4 Å². The van der Waals surface area contributed by atoms with E-state index in [1.54, 1.807) is 19.0 Å². The first-order chi connectivity index (χ1) is 10.9. The maximum Gasteiger partial charge on any atom is 0.255 e. The van der Waals surface area contributed by atoms with E-state index in [1.807, 2.05) is 49.4 Å². The van der Waals surface area contributed by atoms with Crippen LogP contribution in [0.5, 0.6) is 0 Å². The van der Waals surface area contributed by atoms with Gasteiger partial charge >= 0.3 is 0 Å². The second-order valence-corrected chi connectivity index (χ2v) is 6.74. The maximum atomic E-state index is 12.3. The zero-order valence-corrected chi connectivity index (χ0v) is 15.5. The number of anilines is 1. The monoisotopic (exact) mass is 422 g/mol. The van der Waals surface area contributed by atoms with Crippen LogP contribution in [0.1, 0.15) is 21.5 Å². The Kier molecular flexibility index (Phi) is 5.76. The van der Waals surface area contributed by atoms with Gasteiger partial charge in [0.05, 0.1) is 6.42 Å². The van der Waals surface area contributed by atoms with Crippen LogP contribution in [0.4, 0.5) is 5.69 Å². The Morgan fingerprint density at radius 2 is 1.74 bits per heavy atom. The predicted octanol–water partition coefficient (Wildman–Crippen LogP) is 3.48. The molecular formula is C18H19IN2O2. The molecule has 4 nitrogen and oxygen atoms in total. The Balaban J connectivity index is 2.04. The predicted molar refractivity (Wildman–Crippen MR) is 101 cm³/mol. The van der Waals surface area contributed by atoms with Gasteiger partial charge in [0.25, 0.3) is 5.91 Å². The molecule has 2 aromatic carbocycles. The van der Waals surface area contributed by atoms with E-state index in [2.05, 4.69) is 27.9 Å². The lowest BCUT2D eigenvalue weighted by molar-refractivity contribution is -0.127. The van der Waals surface area contributed by atoms with Gasteiger partial charge in [-0.2, -0.15) is 0 Å². The van der Waals surface area contributed by atoms with E-state index < -0.39 is 0 Å². The highest BCUT2D eigenvalue weighted by Gasteiger charge is 2.09. The first kappa shape index (κ1) is 17.5. The largest absolute Gasteiger partial charge is 0.349 e. The number of rotatable bonds is 4. The molecule has 2 amide bonds. The van der Waals surface area contributed by atoms with E-state index >= 15 is 0 Å². The van der Waals surface area contributed by atoms with Crippen molar-refractivity contribution in [1.29, 1.82) is 0 Å². The van der Waals surface area contributed by atoms with Gasteiger partial charge < -0.3 is 10.2 Å². The lowest BCUT2D eigenvalue weighted by Crippen LogP contribution is -2.23. The van der Waals surface area contributed by atoms with Gasteiger partial charge in [-0.3, -0.25) is 9.59 Å². The summed E-state index contributed by atoms with van der Waals surface area (Å²) in [5, 5.41) is 2.87. The number of carbonyl (C=O) groups is 2. The van der Waals surface area contributed by atoms with Crippen molar-refractivity contribution in [3.63, 3.8) is 0 Å². The highest BCUT2D eigenvalue weighted by atomic mass is 127. The molecule has 0 saturated heterocycles. The molecule has 0 aliphatic rings. The van der Waals surface area contributed by atoms with Crippen LogP contribution in [0.2, 0.25) is 0 Å². The molecule has 2 aromatic rings. The minimum Gasteiger partial charge on any atom is -0.349 e. The summed E-state index contributed by atoms with van der Waals surface area (Å²) in [5.41, 5.74) is 3.42. The Bertz CT molecular complexity index is 724. The third-order valence-corrected chi connectivity index (χ3v) is 4.66. The number of benzene rings is 2. The highest BCUT2D eigenvalue weighted by Crippen LogP contribution is 2.16. The zero-order chi connectivity index (χ0) is 17.0. The van der Waals surface area contributed by atoms with Crippen LogP contribution in [-0.4, -0.2) is 30.8 Å². The number of carbonyl (C=O) groups excluding carboxylic acids is 2. The number of halogens is 1. The van der Waals surface area contributed by atoms with Crippen molar-refractivity contribution in [2.24, 2.45) is 0 Å². The Morgan fingerprint density at radius 1 is 1.09 bits per heavy atom. The van der Waals surface area contributed by atoms with E-state index in [9.17, 15) is 9.59 Å². The molecule has 120 valence electrons. The highest BCUT2D eigenvalue weighted by molar-refractivity contribution is 14.1.